The third-order valence-electron chi connectivity index (χ3n) is 5.43. The molecule has 1 aromatic heterocycles. The summed E-state index contributed by atoms with van der Waals surface area (Å²) in [4.78, 5) is 17.7. The number of amides is 1. The number of halogens is 1. The highest BCUT2D eigenvalue weighted by Gasteiger charge is 2.30. The van der Waals surface area contributed by atoms with Crippen molar-refractivity contribution in [3.63, 3.8) is 0 Å². The zero-order valence-corrected chi connectivity index (χ0v) is 20.4. The molecule has 6 nitrogen and oxygen atoms in total. The molecule has 0 saturated carbocycles. The Labute approximate surface area is 204 Å². The molecule has 0 bridgehead atoms. The summed E-state index contributed by atoms with van der Waals surface area (Å²) in [6, 6.07) is 23.1. The van der Waals surface area contributed by atoms with E-state index >= 15 is 0 Å². The van der Waals surface area contributed by atoms with Crippen LogP contribution in [-0.2, 0) is 16.1 Å². The van der Waals surface area contributed by atoms with E-state index in [9.17, 15) is 9.18 Å². The van der Waals surface area contributed by atoms with Gasteiger partial charge in [-0.1, -0.05) is 48.5 Å². The number of nitrogens with one attached hydrogen (secondary N) is 1. The third-order valence-corrected chi connectivity index (χ3v) is 5.43. The number of carbonyl (C=O) groups excluding carboxylic acids is 1. The SMILES string of the molecule is CC(OCc1ccccc1)[C@H](NC(=O)OC(C)(C)C)c1nc2ccc(F)cc2n1-c1ccccc1. The minimum Gasteiger partial charge on any atom is -0.444 e. The van der Waals surface area contributed by atoms with Gasteiger partial charge in [-0.2, -0.15) is 0 Å². The summed E-state index contributed by atoms with van der Waals surface area (Å²) in [5.41, 5.74) is 2.33. The number of alkyl carbamates (subject to hydrolysis) is 1. The van der Waals surface area contributed by atoms with Gasteiger partial charge in [-0.3, -0.25) is 4.57 Å². The lowest BCUT2D eigenvalue weighted by atomic mass is 10.1. The molecule has 35 heavy (non-hydrogen) atoms. The van der Waals surface area contributed by atoms with Crippen LogP contribution in [0.5, 0.6) is 0 Å². The molecular weight excluding hydrogens is 445 g/mol. The van der Waals surface area contributed by atoms with E-state index in [1.54, 1.807) is 26.8 Å². The predicted molar refractivity (Wildman–Crippen MR) is 134 cm³/mol. The summed E-state index contributed by atoms with van der Waals surface area (Å²) < 4.78 is 27.8. The summed E-state index contributed by atoms with van der Waals surface area (Å²) in [5, 5.41) is 2.95. The lowest BCUT2D eigenvalue weighted by molar-refractivity contribution is 0.0122. The summed E-state index contributed by atoms with van der Waals surface area (Å²) in [6.45, 7) is 7.64. The highest BCUT2D eigenvalue weighted by molar-refractivity contribution is 5.79. The monoisotopic (exact) mass is 475 g/mol. The van der Waals surface area contributed by atoms with Crippen LogP contribution in [0.15, 0.2) is 78.9 Å². The van der Waals surface area contributed by atoms with Gasteiger partial charge in [0.2, 0.25) is 0 Å². The van der Waals surface area contributed by atoms with Crippen molar-refractivity contribution in [3.05, 3.63) is 96.1 Å². The Hall–Kier alpha value is -3.71. The summed E-state index contributed by atoms with van der Waals surface area (Å²) in [5.74, 6) is 0.148. The molecule has 1 unspecified atom stereocenters. The lowest BCUT2D eigenvalue weighted by Crippen LogP contribution is -2.40. The molecule has 0 saturated heterocycles. The van der Waals surface area contributed by atoms with E-state index in [0.29, 0.717) is 23.5 Å². The highest BCUT2D eigenvalue weighted by Crippen LogP contribution is 2.29. The first-order valence-electron chi connectivity index (χ1n) is 11.6. The van der Waals surface area contributed by atoms with Crippen molar-refractivity contribution in [2.45, 2.75) is 52.0 Å². The molecule has 0 fully saturated rings. The number of para-hydroxylation sites is 1. The molecule has 2 atom stereocenters. The molecule has 0 aliphatic heterocycles. The van der Waals surface area contributed by atoms with Gasteiger partial charge in [0, 0.05) is 11.8 Å². The van der Waals surface area contributed by atoms with Crippen LogP contribution in [-0.4, -0.2) is 27.3 Å². The fourth-order valence-electron chi connectivity index (χ4n) is 3.85. The molecule has 4 rings (SSSR count). The number of fused-ring (bicyclic) bond motifs is 1. The topological polar surface area (TPSA) is 65.4 Å². The molecule has 1 N–H and O–H groups in total. The van der Waals surface area contributed by atoms with Crippen LogP contribution in [0.4, 0.5) is 9.18 Å². The van der Waals surface area contributed by atoms with Crippen molar-refractivity contribution < 1.29 is 18.7 Å². The fraction of sp³-hybridized carbons (Fsp3) is 0.286. The molecule has 1 heterocycles. The fourth-order valence-corrected chi connectivity index (χ4v) is 3.85. The van der Waals surface area contributed by atoms with Gasteiger partial charge in [0.1, 0.15) is 23.3 Å². The summed E-state index contributed by atoms with van der Waals surface area (Å²) in [7, 11) is 0. The summed E-state index contributed by atoms with van der Waals surface area (Å²) >= 11 is 0. The second kappa shape index (κ2) is 10.3. The lowest BCUT2D eigenvalue weighted by Gasteiger charge is -2.28. The maximum atomic E-state index is 14.3. The minimum atomic E-state index is -0.677. The number of rotatable bonds is 7. The van der Waals surface area contributed by atoms with Crippen molar-refractivity contribution in [1.82, 2.24) is 14.9 Å². The van der Waals surface area contributed by atoms with Crippen molar-refractivity contribution in [1.29, 1.82) is 0 Å². The van der Waals surface area contributed by atoms with Crippen molar-refractivity contribution in [2.75, 3.05) is 0 Å². The standard InChI is InChI=1S/C28H30FN3O3/c1-19(34-18-20-11-7-5-8-12-20)25(31-27(33)35-28(2,3)4)26-30-23-16-15-21(29)17-24(23)32(26)22-13-9-6-10-14-22/h5-17,19,25H,18H2,1-4H3,(H,31,33)/t19?,25-/m0/s1. The first-order valence-corrected chi connectivity index (χ1v) is 11.6. The van der Waals surface area contributed by atoms with E-state index < -0.39 is 23.8 Å². The first kappa shape index (κ1) is 24.4. The van der Waals surface area contributed by atoms with E-state index in [0.717, 1.165) is 11.3 Å². The van der Waals surface area contributed by atoms with Gasteiger partial charge in [-0.25, -0.2) is 14.2 Å². The van der Waals surface area contributed by atoms with Crippen LogP contribution in [0.2, 0.25) is 0 Å². The van der Waals surface area contributed by atoms with Crippen LogP contribution in [0.3, 0.4) is 0 Å². The van der Waals surface area contributed by atoms with Crippen LogP contribution in [0, 0.1) is 5.82 Å². The zero-order valence-electron chi connectivity index (χ0n) is 20.4. The number of ether oxygens (including phenoxy) is 2. The second-order valence-electron chi connectivity index (χ2n) is 9.40. The maximum absolute atomic E-state index is 14.3. The number of hydrogen-bond acceptors (Lipinski definition) is 4. The number of nitrogens with zero attached hydrogens (tertiary/aromatic N) is 2. The molecule has 4 aromatic rings. The maximum Gasteiger partial charge on any atom is 0.408 e. The van der Waals surface area contributed by atoms with Gasteiger partial charge >= 0.3 is 6.09 Å². The van der Waals surface area contributed by atoms with Crippen molar-refractivity contribution >= 4 is 17.1 Å². The van der Waals surface area contributed by atoms with E-state index in [4.69, 9.17) is 14.5 Å². The van der Waals surface area contributed by atoms with Gasteiger partial charge in [0.15, 0.2) is 0 Å². The molecule has 0 aliphatic rings. The number of benzene rings is 3. The van der Waals surface area contributed by atoms with Crippen LogP contribution in [0.25, 0.3) is 16.7 Å². The Morgan fingerprint density at radius 3 is 2.34 bits per heavy atom. The normalized spacial score (nSPS) is 13.4. The van der Waals surface area contributed by atoms with E-state index in [1.165, 1.54) is 12.1 Å². The molecule has 3 aromatic carbocycles. The molecule has 0 spiro atoms. The first-order chi connectivity index (χ1) is 16.7. The molecule has 0 radical (unpaired) electrons. The Bertz CT molecular complexity index is 1280. The second-order valence-corrected chi connectivity index (χ2v) is 9.40. The minimum absolute atomic E-state index is 0.356. The Morgan fingerprint density at radius 1 is 1.03 bits per heavy atom. The molecule has 1 amide bonds. The molecule has 7 heteroatoms. The van der Waals surface area contributed by atoms with Gasteiger partial charge in [-0.05, 0) is 57.5 Å². The third kappa shape index (κ3) is 6.05. The van der Waals surface area contributed by atoms with Crippen LogP contribution >= 0.6 is 0 Å². The van der Waals surface area contributed by atoms with E-state index in [2.05, 4.69) is 5.32 Å². The zero-order chi connectivity index (χ0) is 25.0. The van der Waals surface area contributed by atoms with E-state index in [-0.39, 0.29) is 5.82 Å². The van der Waals surface area contributed by atoms with Crippen molar-refractivity contribution in [2.24, 2.45) is 0 Å². The smallest absolute Gasteiger partial charge is 0.408 e. The average molecular weight is 476 g/mol. The van der Waals surface area contributed by atoms with Crippen LogP contribution in [0.1, 0.15) is 45.1 Å². The summed E-state index contributed by atoms with van der Waals surface area (Å²) in [6.07, 6.45) is -1.07. The predicted octanol–water partition coefficient (Wildman–Crippen LogP) is 6.34. The molecular formula is C28H30FN3O3. The highest BCUT2D eigenvalue weighted by atomic mass is 19.1. The average Bonchev–Trinajstić information content (AvgIpc) is 3.19. The Morgan fingerprint density at radius 2 is 1.69 bits per heavy atom. The van der Waals surface area contributed by atoms with Gasteiger partial charge in [0.25, 0.3) is 0 Å². The van der Waals surface area contributed by atoms with Gasteiger partial charge in [0.05, 0.1) is 23.7 Å². The largest absolute Gasteiger partial charge is 0.444 e. The number of carbonyl (C=O) groups is 1. The van der Waals surface area contributed by atoms with E-state index in [1.807, 2.05) is 72.2 Å². The molecule has 0 aliphatic carbocycles. The number of hydrogen-bond donors (Lipinski definition) is 1. The van der Waals surface area contributed by atoms with Crippen LogP contribution < -0.4 is 5.32 Å². The molecule has 182 valence electrons. The Balaban J connectivity index is 1.77. The quantitative estimate of drug-likeness (QED) is 0.339. The van der Waals surface area contributed by atoms with Gasteiger partial charge < -0.3 is 14.8 Å². The number of aromatic nitrogens is 2. The number of imidazole rings is 1. The van der Waals surface area contributed by atoms with Crippen molar-refractivity contribution in [3.8, 4) is 5.69 Å². The Kier molecular flexibility index (Phi) is 7.17. The van der Waals surface area contributed by atoms with Gasteiger partial charge in [-0.15, -0.1) is 0 Å².